The van der Waals surface area contributed by atoms with Crippen molar-refractivity contribution in [2.24, 2.45) is 0 Å². The van der Waals surface area contributed by atoms with E-state index in [1.165, 1.54) is 0 Å². The molecule has 0 bridgehead atoms. The lowest BCUT2D eigenvalue weighted by atomic mass is 10.2. The van der Waals surface area contributed by atoms with Crippen LogP contribution in [0.1, 0.15) is 22.6 Å². The van der Waals surface area contributed by atoms with E-state index >= 15 is 0 Å². The van der Waals surface area contributed by atoms with Crippen molar-refractivity contribution in [3.8, 4) is 0 Å². The maximum Gasteiger partial charge on any atom is 0.326 e. The van der Waals surface area contributed by atoms with Crippen LogP contribution in [0, 0.1) is 6.92 Å². The number of carboxylic acid groups (broad SMARTS) is 1. The van der Waals surface area contributed by atoms with Gasteiger partial charge in [-0.3, -0.25) is 4.79 Å². The highest BCUT2D eigenvalue weighted by atomic mass is 16.4. The molecule has 0 aromatic carbocycles. The Morgan fingerprint density at radius 2 is 2.20 bits per heavy atom. The monoisotopic (exact) mass is 277 g/mol. The number of hydrogen-bond acceptors (Lipinski definition) is 4. The molecule has 2 aromatic rings. The number of rotatable bonds is 5. The Morgan fingerprint density at radius 3 is 2.80 bits per heavy atom. The number of carboxylic acids is 1. The largest absolute Gasteiger partial charge is 0.480 e. The van der Waals surface area contributed by atoms with Crippen LogP contribution in [0.25, 0.3) is 5.65 Å². The number of aliphatic hydroxyl groups excluding tert-OH is 1. The van der Waals surface area contributed by atoms with E-state index in [9.17, 15) is 9.59 Å². The molecule has 0 aliphatic heterocycles. The number of nitrogens with zero attached hydrogens (tertiary/aromatic N) is 2. The normalized spacial score (nSPS) is 12.3. The summed E-state index contributed by atoms with van der Waals surface area (Å²) in [4.78, 5) is 27.1. The molecule has 2 heterocycles. The van der Waals surface area contributed by atoms with Crippen molar-refractivity contribution in [3.05, 3.63) is 35.8 Å². The number of aryl methyl sites for hydroxylation is 1. The van der Waals surface area contributed by atoms with Crippen LogP contribution in [0.5, 0.6) is 0 Å². The van der Waals surface area contributed by atoms with E-state index in [1.54, 1.807) is 16.7 Å². The zero-order valence-corrected chi connectivity index (χ0v) is 10.9. The molecule has 2 rings (SSSR count). The van der Waals surface area contributed by atoms with Crippen LogP contribution in [-0.2, 0) is 4.79 Å². The molecule has 0 radical (unpaired) electrons. The summed E-state index contributed by atoms with van der Waals surface area (Å²) in [6, 6.07) is 4.33. The van der Waals surface area contributed by atoms with E-state index in [-0.39, 0.29) is 18.7 Å². The van der Waals surface area contributed by atoms with Crippen LogP contribution in [0.3, 0.4) is 0 Å². The van der Waals surface area contributed by atoms with Gasteiger partial charge in [-0.2, -0.15) is 0 Å². The summed E-state index contributed by atoms with van der Waals surface area (Å²) in [5.41, 5.74) is 1.67. The third kappa shape index (κ3) is 2.77. The number of imidazole rings is 1. The Bertz CT molecular complexity index is 650. The van der Waals surface area contributed by atoms with Gasteiger partial charge in [-0.25, -0.2) is 9.78 Å². The predicted octanol–water partition coefficient (Wildman–Crippen LogP) is 0.208. The van der Waals surface area contributed by atoms with Crippen molar-refractivity contribution >= 4 is 17.5 Å². The number of pyridine rings is 1. The smallest absolute Gasteiger partial charge is 0.326 e. The zero-order valence-electron chi connectivity index (χ0n) is 10.9. The van der Waals surface area contributed by atoms with Gasteiger partial charge in [-0.15, -0.1) is 0 Å². The lowest BCUT2D eigenvalue weighted by molar-refractivity contribution is -0.139. The molecular formula is C13H15N3O4. The first-order valence-electron chi connectivity index (χ1n) is 6.12. The lowest BCUT2D eigenvalue weighted by Gasteiger charge is -2.11. The highest BCUT2D eigenvalue weighted by molar-refractivity contribution is 5.95. The Balaban J connectivity index is 2.22. The Morgan fingerprint density at radius 1 is 1.45 bits per heavy atom. The minimum Gasteiger partial charge on any atom is -0.480 e. The van der Waals surface area contributed by atoms with Crippen LogP contribution in [0.4, 0.5) is 0 Å². The molecular weight excluding hydrogens is 262 g/mol. The second-order valence-electron chi connectivity index (χ2n) is 4.40. The second-order valence-corrected chi connectivity index (χ2v) is 4.40. The summed E-state index contributed by atoms with van der Waals surface area (Å²) in [5.74, 6) is -1.76. The van der Waals surface area contributed by atoms with E-state index in [0.29, 0.717) is 5.65 Å². The van der Waals surface area contributed by atoms with Gasteiger partial charge >= 0.3 is 5.97 Å². The highest BCUT2D eigenvalue weighted by Crippen LogP contribution is 2.08. The Kier molecular flexibility index (Phi) is 3.99. The van der Waals surface area contributed by atoms with Crippen LogP contribution < -0.4 is 5.32 Å². The van der Waals surface area contributed by atoms with Gasteiger partial charge in [0.25, 0.3) is 5.91 Å². The standard InChI is InChI=1S/C13H15N3O4/c1-8-3-2-4-11-14-10(7-16(8)11)12(18)15-9(5-6-17)13(19)20/h2-4,7,9,17H,5-6H2,1H3,(H,15,18)(H,19,20)/t9-/m1/s1. The van der Waals surface area contributed by atoms with E-state index in [1.807, 2.05) is 19.1 Å². The average Bonchev–Trinajstić information content (AvgIpc) is 2.83. The van der Waals surface area contributed by atoms with Gasteiger partial charge in [0.1, 0.15) is 17.4 Å². The molecule has 2 aromatic heterocycles. The molecule has 0 saturated heterocycles. The lowest BCUT2D eigenvalue weighted by Crippen LogP contribution is -2.41. The first-order valence-corrected chi connectivity index (χ1v) is 6.12. The minimum atomic E-state index is -1.19. The fraction of sp³-hybridized carbons (Fsp3) is 0.308. The number of carbonyl (C=O) groups is 2. The third-order valence-corrected chi connectivity index (χ3v) is 2.95. The number of hydrogen-bond donors (Lipinski definition) is 3. The molecule has 3 N–H and O–H groups in total. The summed E-state index contributed by atoms with van der Waals surface area (Å²) in [6.45, 7) is 1.56. The Hall–Kier alpha value is -2.41. The first kappa shape index (κ1) is 14.0. The van der Waals surface area contributed by atoms with Crippen LogP contribution in [0.15, 0.2) is 24.4 Å². The molecule has 0 aliphatic carbocycles. The van der Waals surface area contributed by atoms with Gasteiger partial charge in [0.2, 0.25) is 0 Å². The number of aromatic nitrogens is 2. The van der Waals surface area contributed by atoms with Gasteiger partial charge in [0.05, 0.1) is 0 Å². The molecule has 0 spiro atoms. The fourth-order valence-electron chi connectivity index (χ4n) is 1.88. The predicted molar refractivity (Wildman–Crippen MR) is 70.5 cm³/mol. The summed E-state index contributed by atoms with van der Waals surface area (Å²) in [7, 11) is 0. The van der Waals surface area contributed by atoms with Gasteiger partial charge in [0, 0.05) is 24.9 Å². The van der Waals surface area contributed by atoms with E-state index in [2.05, 4.69) is 10.3 Å². The number of aliphatic hydroxyl groups is 1. The van der Waals surface area contributed by atoms with Crippen molar-refractivity contribution in [1.29, 1.82) is 0 Å². The van der Waals surface area contributed by atoms with Gasteiger partial charge in [0.15, 0.2) is 0 Å². The second kappa shape index (κ2) is 5.70. The SMILES string of the molecule is Cc1cccc2nc(C(=O)N[C@H](CCO)C(=O)O)cn12. The van der Waals surface area contributed by atoms with Crippen molar-refractivity contribution in [2.75, 3.05) is 6.61 Å². The van der Waals surface area contributed by atoms with Gasteiger partial charge < -0.3 is 19.9 Å². The third-order valence-electron chi connectivity index (χ3n) is 2.95. The number of fused-ring (bicyclic) bond motifs is 1. The summed E-state index contributed by atoms with van der Waals surface area (Å²) in [6.07, 6.45) is 1.51. The fourth-order valence-corrected chi connectivity index (χ4v) is 1.88. The number of amides is 1. The maximum atomic E-state index is 12.0. The molecule has 106 valence electrons. The molecule has 1 amide bonds. The van der Waals surface area contributed by atoms with E-state index < -0.39 is 17.9 Å². The molecule has 7 heteroatoms. The number of nitrogens with one attached hydrogen (secondary N) is 1. The van der Waals surface area contributed by atoms with Crippen molar-refractivity contribution in [2.45, 2.75) is 19.4 Å². The molecule has 7 nitrogen and oxygen atoms in total. The molecule has 0 saturated carbocycles. The maximum absolute atomic E-state index is 12.0. The van der Waals surface area contributed by atoms with E-state index in [4.69, 9.17) is 10.2 Å². The minimum absolute atomic E-state index is 0.0481. The molecule has 0 unspecified atom stereocenters. The summed E-state index contributed by atoms with van der Waals surface area (Å²) >= 11 is 0. The molecule has 1 atom stereocenters. The summed E-state index contributed by atoms with van der Waals surface area (Å²) < 4.78 is 1.75. The van der Waals surface area contributed by atoms with Crippen LogP contribution in [0.2, 0.25) is 0 Å². The highest BCUT2D eigenvalue weighted by Gasteiger charge is 2.21. The number of aliphatic carboxylic acids is 1. The van der Waals surface area contributed by atoms with Crippen LogP contribution in [-0.4, -0.2) is 44.1 Å². The zero-order chi connectivity index (χ0) is 14.7. The Labute approximate surface area is 114 Å². The van der Waals surface area contributed by atoms with Crippen LogP contribution >= 0.6 is 0 Å². The van der Waals surface area contributed by atoms with Crippen molar-refractivity contribution in [3.63, 3.8) is 0 Å². The van der Waals surface area contributed by atoms with Gasteiger partial charge in [-0.1, -0.05) is 6.07 Å². The van der Waals surface area contributed by atoms with Crippen molar-refractivity contribution in [1.82, 2.24) is 14.7 Å². The molecule has 0 fully saturated rings. The van der Waals surface area contributed by atoms with Crippen molar-refractivity contribution < 1.29 is 19.8 Å². The summed E-state index contributed by atoms with van der Waals surface area (Å²) in [5, 5.41) is 20.1. The van der Waals surface area contributed by atoms with E-state index in [0.717, 1.165) is 5.69 Å². The molecule has 0 aliphatic rings. The number of carbonyl (C=O) groups excluding carboxylic acids is 1. The van der Waals surface area contributed by atoms with Gasteiger partial charge in [-0.05, 0) is 19.1 Å². The quantitative estimate of drug-likeness (QED) is 0.724. The topological polar surface area (TPSA) is 104 Å². The average molecular weight is 277 g/mol. The first-order chi connectivity index (χ1) is 9.52. The molecule has 20 heavy (non-hydrogen) atoms.